The molecule has 1 N–H and O–H groups in total. The van der Waals surface area contributed by atoms with Crippen LogP contribution in [0.15, 0.2) is 53.1 Å². The Labute approximate surface area is 161 Å². The number of hydrogen-bond acceptors (Lipinski definition) is 4. The predicted octanol–water partition coefficient (Wildman–Crippen LogP) is 4.73. The molecule has 1 amide bonds. The van der Waals surface area contributed by atoms with Gasteiger partial charge in [0.25, 0.3) is 0 Å². The predicted molar refractivity (Wildman–Crippen MR) is 101 cm³/mol. The molecule has 2 aromatic carbocycles. The lowest BCUT2D eigenvalue weighted by Gasteiger charge is -2.14. The summed E-state index contributed by atoms with van der Waals surface area (Å²) in [6.07, 6.45) is 1.42. The van der Waals surface area contributed by atoms with Crippen LogP contribution in [-0.4, -0.2) is 16.0 Å². The molecule has 0 radical (unpaired) electrons. The molecule has 0 aliphatic rings. The molecule has 0 bridgehead atoms. The minimum absolute atomic E-state index is 0.0549. The third kappa shape index (κ3) is 5.37. The van der Waals surface area contributed by atoms with Crippen molar-refractivity contribution in [3.8, 4) is 11.4 Å². The van der Waals surface area contributed by atoms with Crippen LogP contribution < -0.4 is 5.32 Å². The highest BCUT2D eigenvalue weighted by Crippen LogP contribution is 2.18. The molecule has 0 saturated carbocycles. The number of amides is 1. The number of benzene rings is 2. The topological polar surface area (TPSA) is 68.0 Å². The molecule has 1 aromatic heterocycles. The summed E-state index contributed by atoms with van der Waals surface area (Å²) in [5.74, 6) is 0.482. The Bertz CT molecular complexity index is 912. The van der Waals surface area contributed by atoms with Gasteiger partial charge in [-0.3, -0.25) is 4.79 Å². The molecule has 0 spiro atoms. The number of carbonyl (C=O) groups excluding carboxylic acids is 1. The molecule has 0 saturated heterocycles. The van der Waals surface area contributed by atoms with E-state index in [-0.39, 0.29) is 17.8 Å². The second kappa shape index (κ2) is 8.77. The lowest BCUT2D eigenvalue weighted by molar-refractivity contribution is -0.121. The lowest BCUT2D eigenvalue weighted by atomic mass is 10.1. The Balaban J connectivity index is 1.47. The van der Waals surface area contributed by atoms with Crippen LogP contribution in [0.5, 0.6) is 0 Å². The monoisotopic (exact) mass is 387 g/mol. The van der Waals surface area contributed by atoms with Gasteiger partial charge in [0, 0.05) is 23.4 Å². The van der Waals surface area contributed by atoms with E-state index in [1.807, 2.05) is 25.1 Å². The summed E-state index contributed by atoms with van der Waals surface area (Å²) < 4.78 is 18.2. The molecule has 7 heteroatoms. The van der Waals surface area contributed by atoms with Crippen molar-refractivity contribution in [1.82, 2.24) is 15.5 Å². The molecule has 3 aromatic rings. The number of aryl methyl sites for hydroxylation is 1. The number of aromatic nitrogens is 2. The van der Waals surface area contributed by atoms with E-state index in [0.29, 0.717) is 41.6 Å². The average molecular weight is 388 g/mol. The van der Waals surface area contributed by atoms with E-state index in [2.05, 4.69) is 15.5 Å². The highest BCUT2D eigenvalue weighted by atomic mass is 35.5. The molecule has 0 fully saturated rings. The van der Waals surface area contributed by atoms with Gasteiger partial charge in [-0.05, 0) is 55.3 Å². The Hall–Kier alpha value is -2.73. The number of carbonyl (C=O) groups is 1. The van der Waals surface area contributed by atoms with E-state index in [1.54, 1.807) is 18.2 Å². The first-order chi connectivity index (χ1) is 13.0. The van der Waals surface area contributed by atoms with Gasteiger partial charge in [-0.25, -0.2) is 4.39 Å². The van der Waals surface area contributed by atoms with E-state index in [9.17, 15) is 9.18 Å². The number of nitrogens with one attached hydrogen (secondary N) is 1. The van der Waals surface area contributed by atoms with Crippen LogP contribution in [0.4, 0.5) is 4.39 Å². The quantitative estimate of drug-likeness (QED) is 0.636. The Kier molecular flexibility index (Phi) is 6.19. The molecule has 140 valence electrons. The van der Waals surface area contributed by atoms with Gasteiger partial charge in [-0.1, -0.05) is 28.9 Å². The number of rotatable bonds is 7. The maximum Gasteiger partial charge on any atom is 0.226 e. The third-order valence-corrected chi connectivity index (χ3v) is 4.33. The Morgan fingerprint density at radius 3 is 2.78 bits per heavy atom. The van der Waals surface area contributed by atoms with Crippen molar-refractivity contribution < 1.29 is 13.7 Å². The second-order valence-corrected chi connectivity index (χ2v) is 6.65. The summed E-state index contributed by atoms with van der Waals surface area (Å²) in [7, 11) is 0. The van der Waals surface area contributed by atoms with Crippen molar-refractivity contribution in [1.29, 1.82) is 0 Å². The van der Waals surface area contributed by atoms with Crippen molar-refractivity contribution in [3.05, 3.63) is 70.8 Å². The minimum atomic E-state index is -0.319. The maximum absolute atomic E-state index is 13.0. The van der Waals surface area contributed by atoms with Gasteiger partial charge in [-0.2, -0.15) is 4.98 Å². The summed E-state index contributed by atoms with van der Waals surface area (Å²) in [6, 6.07) is 13.2. The number of nitrogens with zero attached hydrogens (tertiary/aromatic N) is 2. The van der Waals surface area contributed by atoms with Crippen molar-refractivity contribution in [3.63, 3.8) is 0 Å². The highest BCUT2D eigenvalue weighted by Gasteiger charge is 2.12. The first-order valence-corrected chi connectivity index (χ1v) is 9.02. The zero-order valence-electron chi connectivity index (χ0n) is 14.8. The normalized spacial score (nSPS) is 12.0. The zero-order valence-corrected chi connectivity index (χ0v) is 15.5. The molecule has 0 aliphatic heterocycles. The molecule has 27 heavy (non-hydrogen) atoms. The number of hydrogen-bond donors (Lipinski definition) is 1. The van der Waals surface area contributed by atoms with Crippen LogP contribution >= 0.6 is 11.6 Å². The van der Waals surface area contributed by atoms with Gasteiger partial charge >= 0.3 is 0 Å². The van der Waals surface area contributed by atoms with E-state index in [4.69, 9.17) is 16.1 Å². The van der Waals surface area contributed by atoms with E-state index in [1.165, 1.54) is 12.1 Å². The van der Waals surface area contributed by atoms with Gasteiger partial charge in [0.05, 0.1) is 6.04 Å². The van der Waals surface area contributed by atoms with E-state index >= 15 is 0 Å². The lowest BCUT2D eigenvalue weighted by Crippen LogP contribution is -2.26. The van der Waals surface area contributed by atoms with Crippen molar-refractivity contribution in [2.45, 2.75) is 32.2 Å². The van der Waals surface area contributed by atoms with Crippen molar-refractivity contribution in [2.75, 3.05) is 0 Å². The second-order valence-electron chi connectivity index (χ2n) is 6.22. The fourth-order valence-electron chi connectivity index (χ4n) is 2.65. The van der Waals surface area contributed by atoms with Crippen LogP contribution in [0.25, 0.3) is 11.4 Å². The molecule has 3 rings (SSSR count). The van der Waals surface area contributed by atoms with Crippen molar-refractivity contribution >= 4 is 17.5 Å². The largest absolute Gasteiger partial charge is 0.350 e. The zero-order chi connectivity index (χ0) is 19.2. The van der Waals surface area contributed by atoms with Gasteiger partial charge < -0.3 is 9.84 Å². The molecule has 1 unspecified atom stereocenters. The molecular formula is C20H19ClFN3O2. The summed E-state index contributed by atoms with van der Waals surface area (Å²) in [6.45, 7) is 1.91. The van der Waals surface area contributed by atoms with Gasteiger partial charge in [0.2, 0.25) is 17.6 Å². The van der Waals surface area contributed by atoms with E-state index < -0.39 is 0 Å². The van der Waals surface area contributed by atoms with Crippen molar-refractivity contribution in [2.24, 2.45) is 0 Å². The van der Waals surface area contributed by atoms with E-state index in [0.717, 1.165) is 5.56 Å². The van der Waals surface area contributed by atoms with Crippen LogP contribution in [-0.2, 0) is 11.2 Å². The SMILES string of the molecule is CC(NC(=O)CCCc1nc(-c2ccc(F)cc2)no1)c1cccc(Cl)c1. The average Bonchev–Trinajstić information content (AvgIpc) is 3.11. The summed E-state index contributed by atoms with van der Waals surface area (Å²) in [5, 5.41) is 7.48. The molecule has 1 atom stereocenters. The molecule has 0 aliphatic carbocycles. The molecule has 5 nitrogen and oxygen atoms in total. The Morgan fingerprint density at radius 1 is 1.26 bits per heavy atom. The summed E-state index contributed by atoms with van der Waals surface area (Å²) in [4.78, 5) is 16.4. The smallest absolute Gasteiger partial charge is 0.226 e. The molecule has 1 heterocycles. The Morgan fingerprint density at radius 2 is 2.04 bits per heavy atom. The minimum Gasteiger partial charge on any atom is -0.350 e. The fraction of sp³-hybridized carbons (Fsp3) is 0.250. The highest BCUT2D eigenvalue weighted by molar-refractivity contribution is 6.30. The maximum atomic E-state index is 13.0. The first-order valence-electron chi connectivity index (χ1n) is 8.64. The fourth-order valence-corrected chi connectivity index (χ4v) is 2.84. The van der Waals surface area contributed by atoms with Crippen LogP contribution in [0.2, 0.25) is 5.02 Å². The van der Waals surface area contributed by atoms with Crippen LogP contribution in [0, 0.1) is 5.82 Å². The third-order valence-electron chi connectivity index (χ3n) is 4.09. The molecular weight excluding hydrogens is 369 g/mol. The summed E-state index contributed by atoms with van der Waals surface area (Å²) >= 11 is 5.98. The van der Waals surface area contributed by atoms with Gasteiger partial charge in [0.1, 0.15) is 5.82 Å². The van der Waals surface area contributed by atoms with Crippen LogP contribution in [0.1, 0.15) is 37.3 Å². The standard InChI is InChI=1S/C20H19ClFN3O2/c1-13(15-4-2-5-16(21)12-15)23-18(26)6-3-7-19-24-20(25-27-19)14-8-10-17(22)11-9-14/h2,4-5,8-13H,3,6-7H2,1H3,(H,23,26). The summed E-state index contributed by atoms with van der Waals surface area (Å²) in [5.41, 5.74) is 1.64. The first kappa shape index (κ1) is 19.0. The van der Waals surface area contributed by atoms with Crippen LogP contribution in [0.3, 0.4) is 0 Å². The van der Waals surface area contributed by atoms with Gasteiger partial charge in [0.15, 0.2) is 0 Å². The van der Waals surface area contributed by atoms with Gasteiger partial charge in [-0.15, -0.1) is 0 Å². The number of halogens is 2.